The number of nitrogens with zero attached hydrogens (tertiary/aromatic N) is 3. The minimum Gasteiger partial charge on any atom is -0.317 e. The minimum absolute atomic E-state index is 0.696. The Hall–Kier alpha value is -1.30. The molecule has 0 amide bonds. The normalized spacial score (nSPS) is 16.3. The molecule has 4 nitrogen and oxygen atoms in total. The fourth-order valence-corrected chi connectivity index (χ4v) is 3.83. The van der Waals surface area contributed by atoms with Crippen molar-refractivity contribution in [1.82, 2.24) is 20.2 Å². The van der Waals surface area contributed by atoms with Crippen molar-refractivity contribution < 1.29 is 0 Å². The third-order valence-corrected chi connectivity index (χ3v) is 5.05. The van der Waals surface area contributed by atoms with Gasteiger partial charge in [0.1, 0.15) is 5.01 Å². The van der Waals surface area contributed by atoms with E-state index in [1.54, 1.807) is 11.3 Å². The van der Waals surface area contributed by atoms with E-state index >= 15 is 0 Å². The van der Waals surface area contributed by atoms with E-state index in [2.05, 4.69) is 27.5 Å². The van der Waals surface area contributed by atoms with Gasteiger partial charge in [-0.1, -0.05) is 13.0 Å². The summed E-state index contributed by atoms with van der Waals surface area (Å²) in [7, 11) is 0. The van der Waals surface area contributed by atoms with Crippen LogP contribution in [0, 0.1) is 0 Å². The van der Waals surface area contributed by atoms with Crippen LogP contribution in [0.15, 0.2) is 29.8 Å². The van der Waals surface area contributed by atoms with Gasteiger partial charge in [0.2, 0.25) is 0 Å². The summed E-state index contributed by atoms with van der Waals surface area (Å²) in [5, 5.41) is 6.67. The molecule has 2 aromatic rings. The molecule has 3 rings (SSSR count). The van der Waals surface area contributed by atoms with Crippen LogP contribution >= 0.6 is 11.3 Å². The van der Waals surface area contributed by atoms with E-state index in [9.17, 15) is 0 Å². The first kappa shape index (κ1) is 15.6. The summed E-state index contributed by atoms with van der Waals surface area (Å²) in [6.07, 6.45) is 5.52. The lowest BCUT2D eigenvalue weighted by Gasteiger charge is -2.34. The van der Waals surface area contributed by atoms with Crippen LogP contribution in [-0.4, -0.2) is 40.5 Å². The van der Waals surface area contributed by atoms with Crippen LogP contribution < -0.4 is 5.32 Å². The lowest BCUT2D eigenvalue weighted by molar-refractivity contribution is 0.153. The second kappa shape index (κ2) is 7.81. The smallest absolute Gasteiger partial charge is 0.142 e. The van der Waals surface area contributed by atoms with Gasteiger partial charge in [-0.3, -0.25) is 9.88 Å². The Labute approximate surface area is 136 Å². The van der Waals surface area contributed by atoms with Crippen LogP contribution in [0.3, 0.4) is 0 Å². The first-order valence-electron chi connectivity index (χ1n) is 8.17. The standard InChI is InChI=1S/C17H24N4S/c1-2-11-21(15-6-9-18-10-7-15)12-14-13-22-17(20-14)16-5-3-4-8-19-16/h3-5,8,13,15,18H,2,6-7,9-12H2,1H3. The second-order valence-corrected chi connectivity index (χ2v) is 6.67. The molecule has 0 spiro atoms. The van der Waals surface area contributed by atoms with Crippen LogP contribution in [0.25, 0.3) is 10.7 Å². The Morgan fingerprint density at radius 3 is 2.91 bits per heavy atom. The largest absolute Gasteiger partial charge is 0.317 e. The molecule has 3 heterocycles. The van der Waals surface area contributed by atoms with Crippen molar-refractivity contribution in [3.63, 3.8) is 0 Å². The topological polar surface area (TPSA) is 41.1 Å². The van der Waals surface area contributed by atoms with Crippen molar-refractivity contribution in [3.8, 4) is 10.7 Å². The van der Waals surface area contributed by atoms with Gasteiger partial charge in [-0.15, -0.1) is 11.3 Å². The summed E-state index contributed by atoms with van der Waals surface area (Å²) in [4.78, 5) is 11.8. The molecule has 22 heavy (non-hydrogen) atoms. The average molecular weight is 316 g/mol. The number of aromatic nitrogens is 2. The Balaban J connectivity index is 1.69. The van der Waals surface area contributed by atoms with Crippen LogP contribution in [0.1, 0.15) is 31.9 Å². The van der Waals surface area contributed by atoms with E-state index in [0.29, 0.717) is 6.04 Å². The first-order chi connectivity index (χ1) is 10.9. The molecule has 1 aliphatic heterocycles. The summed E-state index contributed by atoms with van der Waals surface area (Å²) < 4.78 is 0. The van der Waals surface area contributed by atoms with Crippen LogP contribution in [0.2, 0.25) is 0 Å². The van der Waals surface area contributed by atoms with E-state index in [0.717, 1.165) is 36.9 Å². The molecular formula is C17H24N4S. The Bertz CT molecular complexity index is 563. The predicted octanol–water partition coefficient (Wildman–Crippen LogP) is 3.17. The lowest BCUT2D eigenvalue weighted by Crippen LogP contribution is -2.43. The maximum Gasteiger partial charge on any atom is 0.142 e. The number of nitrogens with one attached hydrogen (secondary N) is 1. The van der Waals surface area contributed by atoms with E-state index in [4.69, 9.17) is 4.98 Å². The molecule has 1 fully saturated rings. The first-order valence-corrected chi connectivity index (χ1v) is 9.05. The molecule has 0 radical (unpaired) electrons. The van der Waals surface area contributed by atoms with Gasteiger partial charge in [0, 0.05) is 24.2 Å². The predicted molar refractivity (Wildman–Crippen MR) is 91.9 cm³/mol. The molecule has 1 saturated heterocycles. The number of pyridine rings is 1. The number of rotatable bonds is 6. The second-order valence-electron chi connectivity index (χ2n) is 5.81. The summed E-state index contributed by atoms with van der Waals surface area (Å²) >= 11 is 1.70. The molecule has 5 heteroatoms. The Morgan fingerprint density at radius 2 is 2.18 bits per heavy atom. The highest BCUT2D eigenvalue weighted by Crippen LogP contribution is 2.23. The van der Waals surface area contributed by atoms with Crippen LogP contribution in [0.5, 0.6) is 0 Å². The molecule has 0 atom stereocenters. The average Bonchev–Trinajstić information content (AvgIpc) is 3.05. The molecule has 0 aliphatic carbocycles. The van der Waals surface area contributed by atoms with Gasteiger partial charge >= 0.3 is 0 Å². The molecule has 1 N–H and O–H groups in total. The molecular weight excluding hydrogens is 292 g/mol. The van der Waals surface area contributed by atoms with E-state index in [-0.39, 0.29) is 0 Å². The fourth-order valence-electron chi connectivity index (χ4n) is 3.04. The minimum atomic E-state index is 0.696. The van der Waals surface area contributed by atoms with Gasteiger partial charge in [-0.2, -0.15) is 0 Å². The van der Waals surface area contributed by atoms with Crippen molar-refractivity contribution in [3.05, 3.63) is 35.5 Å². The Morgan fingerprint density at radius 1 is 1.32 bits per heavy atom. The summed E-state index contributed by atoms with van der Waals surface area (Å²) in [6, 6.07) is 6.68. The highest BCUT2D eigenvalue weighted by molar-refractivity contribution is 7.13. The third-order valence-electron chi connectivity index (χ3n) is 4.14. The van der Waals surface area contributed by atoms with Crippen LogP contribution in [-0.2, 0) is 6.54 Å². The SMILES string of the molecule is CCCN(Cc1csc(-c2ccccn2)n1)C1CCNCC1. The quantitative estimate of drug-likeness (QED) is 0.889. The zero-order valence-corrected chi connectivity index (χ0v) is 14.0. The van der Waals surface area contributed by atoms with Crippen molar-refractivity contribution in [2.24, 2.45) is 0 Å². The number of hydrogen-bond acceptors (Lipinski definition) is 5. The van der Waals surface area contributed by atoms with Gasteiger partial charge in [-0.25, -0.2) is 4.98 Å². The molecule has 0 bridgehead atoms. The molecule has 2 aromatic heterocycles. The monoisotopic (exact) mass is 316 g/mol. The number of thiazole rings is 1. The van der Waals surface area contributed by atoms with Gasteiger partial charge in [0.05, 0.1) is 11.4 Å². The van der Waals surface area contributed by atoms with Crippen molar-refractivity contribution >= 4 is 11.3 Å². The van der Waals surface area contributed by atoms with Gasteiger partial charge in [0.25, 0.3) is 0 Å². The van der Waals surface area contributed by atoms with Crippen molar-refractivity contribution in [1.29, 1.82) is 0 Å². The van der Waals surface area contributed by atoms with E-state index in [1.165, 1.54) is 25.0 Å². The molecule has 118 valence electrons. The van der Waals surface area contributed by atoms with Crippen molar-refractivity contribution in [2.45, 2.75) is 38.8 Å². The lowest BCUT2D eigenvalue weighted by atomic mass is 10.0. The van der Waals surface area contributed by atoms with Gasteiger partial charge in [0.15, 0.2) is 0 Å². The molecule has 1 aliphatic rings. The summed E-state index contributed by atoms with van der Waals surface area (Å²) in [6.45, 7) is 6.65. The molecule has 0 unspecified atom stereocenters. The van der Waals surface area contributed by atoms with Gasteiger partial charge in [-0.05, 0) is 51.0 Å². The Kier molecular flexibility index (Phi) is 5.53. The highest BCUT2D eigenvalue weighted by atomic mass is 32.1. The maximum atomic E-state index is 4.80. The summed E-state index contributed by atoms with van der Waals surface area (Å²) in [5.74, 6) is 0. The summed E-state index contributed by atoms with van der Waals surface area (Å²) in [5.41, 5.74) is 2.15. The van der Waals surface area contributed by atoms with Crippen molar-refractivity contribution in [2.75, 3.05) is 19.6 Å². The number of piperidine rings is 1. The molecule has 0 saturated carbocycles. The van der Waals surface area contributed by atoms with Gasteiger partial charge < -0.3 is 5.32 Å². The van der Waals surface area contributed by atoms with E-state index < -0.39 is 0 Å². The maximum absolute atomic E-state index is 4.80. The highest BCUT2D eigenvalue weighted by Gasteiger charge is 2.21. The van der Waals surface area contributed by atoms with E-state index in [1.807, 2.05) is 24.4 Å². The third kappa shape index (κ3) is 3.91. The zero-order valence-electron chi connectivity index (χ0n) is 13.2. The number of hydrogen-bond donors (Lipinski definition) is 1. The zero-order chi connectivity index (χ0) is 15.2. The van der Waals surface area contributed by atoms with Crippen LogP contribution in [0.4, 0.5) is 0 Å². The fraction of sp³-hybridized carbons (Fsp3) is 0.529. The molecule has 0 aromatic carbocycles.